The largest absolute Gasteiger partial charge is 0.411 e. The van der Waals surface area contributed by atoms with Crippen molar-refractivity contribution in [1.29, 1.82) is 0 Å². The molecule has 0 aromatic rings. The number of likely N-dealkylation sites (N-methyl/N-ethyl adjacent to an activating group) is 1. The van der Waals surface area contributed by atoms with E-state index < -0.39 is 25.3 Å². The summed E-state index contributed by atoms with van der Waals surface area (Å²) in [5, 5.41) is 2.12. The van der Waals surface area contributed by atoms with Gasteiger partial charge >= 0.3 is 6.18 Å². The standard InChI is InChI=1S/C5H8F3NO2/c1-9-4(10)2-11-3-5(6,7)8/h2-3H2,1H3,(H,9,10). The van der Waals surface area contributed by atoms with Crippen molar-refractivity contribution in [2.24, 2.45) is 0 Å². The van der Waals surface area contributed by atoms with E-state index >= 15 is 0 Å². The van der Waals surface area contributed by atoms with Crippen LogP contribution >= 0.6 is 0 Å². The van der Waals surface area contributed by atoms with Crippen LogP contribution in [0.3, 0.4) is 0 Å². The second-order valence-electron chi connectivity index (χ2n) is 1.78. The molecule has 0 aliphatic carbocycles. The van der Waals surface area contributed by atoms with E-state index in [9.17, 15) is 18.0 Å². The maximum absolute atomic E-state index is 11.4. The predicted octanol–water partition coefficient (Wildman–Crippen LogP) is 0.311. The van der Waals surface area contributed by atoms with Gasteiger partial charge in [-0.15, -0.1) is 0 Å². The fourth-order valence-corrected chi connectivity index (χ4v) is 0.332. The zero-order valence-corrected chi connectivity index (χ0v) is 5.86. The summed E-state index contributed by atoms with van der Waals surface area (Å²) >= 11 is 0. The number of hydrogen-bond acceptors (Lipinski definition) is 2. The highest BCUT2D eigenvalue weighted by atomic mass is 19.4. The number of halogens is 3. The second-order valence-corrected chi connectivity index (χ2v) is 1.78. The van der Waals surface area contributed by atoms with Crippen LogP contribution in [0.25, 0.3) is 0 Å². The summed E-state index contributed by atoms with van der Waals surface area (Å²) in [7, 11) is 1.32. The first kappa shape index (κ1) is 10.2. The van der Waals surface area contributed by atoms with Gasteiger partial charge in [-0.1, -0.05) is 0 Å². The molecule has 3 nitrogen and oxygen atoms in total. The van der Waals surface area contributed by atoms with Gasteiger partial charge < -0.3 is 10.1 Å². The molecule has 1 amide bonds. The predicted molar refractivity (Wildman–Crippen MR) is 30.9 cm³/mol. The van der Waals surface area contributed by atoms with Gasteiger partial charge in [0.15, 0.2) is 0 Å². The summed E-state index contributed by atoms with van der Waals surface area (Å²) in [6.07, 6.45) is -4.37. The number of carbonyl (C=O) groups is 1. The molecule has 0 atom stereocenters. The summed E-state index contributed by atoms with van der Waals surface area (Å²) in [5.74, 6) is -0.575. The van der Waals surface area contributed by atoms with E-state index in [4.69, 9.17) is 0 Å². The van der Waals surface area contributed by atoms with Crippen LogP contribution in [0.2, 0.25) is 0 Å². The highest BCUT2D eigenvalue weighted by molar-refractivity contribution is 5.76. The zero-order valence-electron chi connectivity index (χ0n) is 5.86. The molecule has 0 heterocycles. The Labute approximate surface area is 61.5 Å². The Bertz CT molecular complexity index is 134. The number of hydrogen-bond donors (Lipinski definition) is 1. The molecule has 66 valence electrons. The number of ether oxygens (including phenoxy) is 1. The lowest BCUT2D eigenvalue weighted by atomic mass is 10.6. The van der Waals surface area contributed by atoms with Gasteiger partial charge in [-0.3, -0.25) is 4.79 Å². The summed E-state index contributed by atoms with van der Waals surface area (Å²) < 4.78 is 38.1. The lowest BCUT2D eigenvalue weighted by Crippen LogP contribution is -2.26. The Morgan fingerprint density at radius 2 is 2.09 bits per heavy atom. The number of carbonyl (C=O) groups excluding carboxylic acids is 1. The molecule has 0 unspecified atom stereocenters. The molecule has 0 rings (SSSR count). The molecule has 0 aromatic heterocycles. The van der Waals surface area contributed by atoms with Crippen molar-refractivity contribution in [3.63, 3.8) is 0 Å². The van der Waals surface area contributed by atoms with Crippen LogP contribution in [0.1, 0.15) is 0 Å². The van der Waals surface area contributed by atoms with Crippen molar-refractivity contribution in [1.82, 2.24) is 5.32 Å². The summed E-state index contributed by atoms with van der Waals surface area (Å²) in [6.45, 7) is -1.95. The van der Waals surface area contributed by atoms with Crippen molar-refractivity contribution in [3.05, 3.63) is 0 Å². The van der Waals surface area contributed by atoms with Gasteiger partial charge in [0.05, 0.1) is 0 Å². The fourth-order valence-electron chi connectivity index (χ4n) is 0.332. The first-order valence-electron chi connectivity index (χ1n) is 2.81. The molecule has 0 aliphatic rings. The number of nitrogens with one attached hydrogen (secondary N) is 1. The Kier molecular flexibility index (Phi) is 3.88. The monoisotopic (exact) mass is 171 g/mol. The molecular formula is C5H8F3NO2. The van der Waals surface area contributed by atoms with Crippen molar-refractivity contribution in [2.75, 3.05) is 20.3 Å². The molecule has 0 spiro atoms. The van der Waals surface area contributed by atoms with Crippen LogP contribution in [0.5, 0.6) is 0 Å². The molecule has 6 heteroatoms. The molecule has 0 aliphatic heterocycles. The first-order chi connectivity index (χ1) is 4.95. The molecule has 0 fully saturated rings. The Morgan fingerprint density at radius 3 is 2.45 bits per heavy atom. The Balaban J connectivity index is 3.35. The second kappa shape index (κ2) is 4.17. The molecule has 0 saturated heterocycles. The van der Waals surface area contributed by atoms with E-state index in [1.54, 1.807) is 0 Å². The molecule has 0 saturated carbocycles. The third kappa shape index (κ3) is 7.11. The van der Waals surface area contributed by atoms with Gasteiger partial charge in [0.25, 0.3) is 0 Å². The van der Waals surface area contributed by atoms with Crippen LogP contribution in [-0.4, -0.2) is 32.3 Å². The smallest absolute Gasteiger partial charge is 0.362 e. The van der Waals surface area contributed by atoms with Gasteiger partial charge in [0.2, 0.25) is 5.91 Å². The van der Waals surface area contributed by atoms with Crippen molar-refractivity contribution >= 4 is 5.91 Å². The van der Waals surface area contributed by atoms with Crippen LogP contribution in [0.4, 0.5) is 13.2 Å². The van der Waals surface area contributed by atoms with Gasteiger partial charge in [0.1, 0.15) is 13.2 Å². The quantitative estimate of drug-likeness (QED) is 0.663. The van der Waals surface area contributed by atoms with Crippen molar-refractivity contribution in [3.8, 4) is 0 Å². The van der Waals surface area contributed by atoms with Crippen LogP contribution in [-0.2, 0) is 9.53 Å². The minimum absolute atomic E-state index is 0.560. The number of rotatable bonds is 3. The van der Waals surface area contributed by atoms with Crippen molar-refractivity contribution < 1.29 is 22.7 Å². The van der Waals surface area contributed by atoms with Gasteiger partial charge in [0, 0.05) is 7.05 Å². The van der Waals surface area contributed by atoms with Crippen molar-refractivity contribution in [2.45, 2.75) is 6.18 Å². The van der Waals surface area contributed by atoms with E-state index in [2.05, 4.69) is 10.1 Å². The highest BCUT2D eigenvalue weighted by Gasteiger charge is 2.27. The van der Waals surface area contributed by atoms with Gasteiger partial charge in [-0.05, 0) is 0 Å². The average Bonchev–Trinajstić information content (AvgIpc) is 1.85. The normalized spacial score (nSPS) is 11.3. The minimum Gasteiger partial charge on any atom is -0.362 e. The number of alkyl halides is 3. The fraction of sp³-hybridized carbons (Fsp3) is 0.800. The van der Waals surface area contributed by atoms with Crippen LogP contribution < -0.4 is 5.32 Å². The molecule has 1 N–H and O–H groups in total. The Morgan fingerprint density at radius 1 is 1.55 bits per heavy atom. The third-order valence-corrected chi connectivity index (χ3v) is 0.778. The van der Waals surface area contributed by atoms with E-state index in [1.807, 2.05) is 0 Å². The van der Waals surface area contributed by atoms with Crippen LogP contribution in [0, 0.1) is 0 Å². The van der Waals surface area contributed by atoms with Crippen LogP contribution in [0.15, 0.2) is 0 Å². The summed E-state index contributed by atoms with van der Waals surface area (Å²) in [6, 6.07) is 0. The maximum atomic E-state index is 11.4. The molecular weight excluding hydrogens is 163 g/mol. The molecule has 0 aromatic carbocycles. The summed E-state index contributed by atoms with van der Waals surface area (Å²) in [4.78, 5) is 10.3. The molecule has 0 radical (unpaired) electrons. The van der Waals surface area contributed by atoms with Gasteiger partial charge in [-0.2, -0.15) is 13.2 Å². The SMILES string of the molecule is CNC(=O)COCC(F)(F)F. The summed E-state index contributed by atoms with van der Waals surface area (Å²) in [5.41, 5.74) is 0. The minimum atomic E-state index is -4.37. The van der Waals surface area contributed by atoms with E-state index in [0.29, 0.717) is 0 Å². The maximum Gasteiger partial charge on any atom is 0.411 e. The highest BCUT2D eigenvalue weighted by Crippen LogP contribution is 2.13. The topological polar surface area (TPSA) is 38.3 Å². The molecule has 11 heavy (non-hydrogen) atoms. The molecule has 0 bridgehead atoms. The van der Waals surface area contributed by atoms with E-state index in [0.717, 1.165) is 0 Å². The third-order valence-electron chi connectivity index (χ3n) is 0.778. The lowest BCUT2D eigenvalue weighted by molar-refractivity contribution is -0.175. The number of amides is 1. The average molecular weight is 171 g/mol. The van der Waals surface area contributed by atoms with E-state index in [1.165, 1.54) is 7.05 Å². The first-order valence-corrected chi connectivity index (χ1v) is 2.81. The van der Waals surface area contributed by atoms with E-state index in [-0.39, 0.29) is 0 Å². The Hall–Kier alpha value is -0.780. The zero-order chi connectivity index (χ0) is 8.91. The van der Waals surface area contributed by atoms with Gasteiger partial charge in [-0.25, -0.2) is 0 Å². The lowest BCUT2D eigenvalue weighted by Gasteiger charge is -2.05.